The smallest absolute Gasteiger partial charge is 0.119 e. The minimum absolute atomic E-state index is 0.346. The number of methoxy groups -OCH3 is 2. The molecule has 4 aromatic carbocycles. The summed E-state index contributed by atoms with van der Waals surface area (Å²) in [5.74, 6) is 1.69. The molecule has 0 bridgehead atoms. The molecule has 0 radical (unpaired) electrons. The Balaban J connectivity index is 1.62. The summed E-state index contributed by atoms with van der Waals surface area (Å²) in [6, 6.07) is 34.6. The molecule has 0 amide bonds. The Morgan fingerprint density at radius 1 is 0.556 bits per heavy atom. The lowest BCUT2D eigenvalue weighted by Crippen LogP contribution is -2.35. The van der Waals surface area contributed by atoms with E-state index in [0.717, 1.165) is 17.9 Å². The molecule has 36 heavy (non-hydrogen) atoms. The third kappa shape index (κ3) is 4.62. The van der Waals surface area contributed by atoms with Crippen LogP contribution in [0.25, 0.3) is 11.1 Å². The average molecular weight is 481 g/mol. The lowest BCUT2D eigenvalue weighted by molar-refractivity contribution is 0.146. The number of fused-ring (bicyclic) bond motifs is 3. The first-order valence-corrected chi connectivity index (χ1v) is 12.4. The summed E-state index contributed by atoms with van der Waals surface area (Å²) >= 11 is 0. The summed E-state index contributed by atoms with van der Waals surface area (Å²) in [5.41, 5.74) is 7.36. The Kier molecular flexibility index (Phi) is 7.36. The van der Waals surface area contributed by atoms with Crippen LogP contribution >= 0.6 is 0 Å². The number of benzene rings is 4. The summed E-state index contributed by atoms with van der Waals surface area (Å²) in [6.45, 7) is 2.19. The summed E-state index contributed by atoms with van der Waals surface area (Å²) in [5, 5.41) is 0. The first-order valence-electron chi connectivity index (χ1n) is 12.4. The van der Waals surface area contributed by atoms with Gasteiger partial charge in [0, 0.05) is 19.6 Å². The van der Waals surface area contributed by atoms with Gasteiger partial charge in [-0.3, -0.25) is 0 Å². The zero-order chi connectivity index (χ0) is 24.8. The minimum Gasteiger partial charge on any atom is -0.491 e. The molecule has 0 unspecified atom stereocenters. The van der Waals surface area contributed by atoms with Crippen molar-refractivity contribution in [3.8, 4) is 22.6 Å². The molecular weight excluding hydrogens is 448 g/mol. The Morgan fingerprint density at radius 2 is 1.06 bits per heavy atom. The molecule has 4 nitrogen and oxygen atoms in total. The van der Waals surface area contributed by atoms with E-state index >= 15 is 0 Å². The number of hydrogen-bond acceptors (Lipinski definition) is 4. The topological polar surface area (TPSA) is 36.9 Å². The molecule has 1 aliphatic carbocycles. The highest BCUT2D eigenvalue weighted by Gasteiger charge is 2.41. The highest BCUT2D eigenvalue weighted by Crippen LogP contribution is 2.51. The van der Waals surface area contributed by atoms with Crippen molar-refractivity contribution in [3.63, 3.8) is 0 Å². The van der Waals surface area contributed by atoms with Crippen molar-refractivity contribution in [2.45, 2.75) is 11.8 Å². The zero-order valence-corrected chi connectivity index (χ0v) is 20.9. The van der Waals surface area contributed by atoms with Gasteiger partial charge in [0.15, 0.2) is 0 Å². The van der Waals surface area contributed by atoms with Crippen LogP contribution in [-0.2, 0) is 21.3 Å². The van der Waals surface area contributed by atoms with Crippen molar-refractivity contribution in [1.82, 2.24) is 0 Å². The van der Waals surface area contributed by atoms with Crippen LogP contribution in [0, 0.1) is 0 Å². The van der Waals surface area contributed by atoms with E-state index in [9.17, 15) is 0 Å². The highest BCUT2D eigenvalue weighted by atomic mass is 16.5. The molecule has 0 saturated carbocycles. The van der Waals surface area contributed by atoms with Crippen molar-refractivity contribution >= 4 is 0 Å². The quantitative estimate of drug-likeness (QED) is 0.250. The van der Waals surface area contributed by atoms with Crippen molar-refractivity contribution in [2.24, 2.45) is 0 Å². The fourth-order valence-corrected chi connectivity index (χ4v) is 5.25. The van der Waals surface area contributed by atoms with Gasteiger partial charge in [-0.25, -0.2) is 0 Å². The highest BCUT2D eigenvalue weighted by molar-refractivity contribution is 5.78. The van der Waals surface area contributed by atoms with Crippen LogP contribution in [0.5, 0.6) is 11.5 Å². The second-order valence-electron chi connectivity index (χ2n) is 9.02. The fraction of sp³-hybridized carbons (Fsp3) is 0.250. The number of hydrogen-bond donors (Lipinski definition) is 0. The second kappa shape index (κ2) is 11.0. The van der Waals surface area contributed by atoms with E-state index in [1.807, 2.05) is 0 Å². The van der Waals surface area contributed by atoms with Gasteiger partial charge < -0.3 is 18.9 Å². The van der Waals surface area contributed by atoms with Crippen LogP contribution in [0.3, 0.4) is 0 Å². The van der Waals surface area contributed by atoms with E-state index in [1.54, 1.807) is 14.2 Å². The van der Waals surface area contributed by atoms with Crippen molar-refractivity contribution in [3.05, 3.63) is 119 Å². The van der Waals surface area contributed by atoms with E-state index in [-0.39, 0.29) is 5.41 Å². The largest absolute Gasteiger partial charge is 0.491 e. The lowest BCUT2D eigenvalue weighted by atomic mass is 9.61. The molecule has 4 heteroatoms. The van der Waals surface area contributed by atoms with Gasteiger partial charge in [0.1, 0.15) is 24.7 Å². The normalized spacial score (nSPS) is 13.5. The van der Waals surface area contributed by atoms with Crippen molar-refractivity contribution in [2.75, 3.05) is 40.6 Å². The number of ether oxygens (including phenoxy) is 4. The zero-order valence-electron chi connectivity index (χ0n) is 20.9. The molecule has 0 aliphatic heterocycles. The molecular formula is C32H32O4. The molecule has 0 N–H and O–H groups in total. The van der Waals surface area contributed by atoms with Crippen LogP contribution < -0.4 is 9.47 Å². The van der Waals surface area contributed by atoms with Crippen LogP contribution in [-0.4, -0.2) is 40.6 Å². The lowest BCUT2D eigenvalue weighted by Gasteiger charge is -2.41. The van der Waals surface area contributed by atoms with Crippen molar-refractivity contribution in [1.29, 1.82) is 0 Å². The van der Waals surface area contributed by atoms with Crippen molar-refractivity contribution < 1.29 is 18.9 Å². The van der Waals surface area contributed by atoms with Crippen LogP contribution in [0.4, 0.5) is 0 Å². The minimum atomic E-state index is -0.346. The van der Waals surface area contributed by atoms with Gasteiger partial charge in [-0.1, -0.05) is 72.8 Å². The monoisotopic (exact) mass is 480 g/mol. The molecule has 0 aromatic heterocycles. The number of rotatable bonds is 10. The van der Waals surface area contributed by atoms with Gasteiger partial charge in [0.2, 0.25) is 0 Å². The molecule has 0 spiro atoms. The Hall–Kier alpha value is -3.60. The SMILES string of the molecule is COCCOc1ccc(C2(c3ccc(OCCOC)cc3)Cc3ccccc3-c3ccccc32)cc1. The van der Waals surface area contributed by atoms with E-state index in [2.05, 4.69) is 97.1 Å². The first-order chi connectivity index (χ1) is 17.8. The Labute approximate surface area is 213 Å². The molecule has 0 atom stereocenters. The fourth-order valence-electron chi connectivity index (χ4n) is 5.25. The average Bonchev–Trinajstić information content (AvgIpc) is 2.94. The molecule has 1 aliphatic rings. The van der Waals surface area contributed by atoms with Gasteiger partial charge in [-0.15, -0.1) is 0 Å². The van der Waals surface area contributed by atoms with Crippen LogP contribution in [0.15, 0.2) is 97.1 Å². The maximum atomic E-state index is 5.86. The van der Waals surface area contributed by atoms with Gasteiger partial charge in [-0.05, 0) is 64.1 Å². The van der Waals surface area contributed by atoms with Gasteiger partial charge in [-0.2, -0.15) is 0 Å². The maximum absolute atomic E-state index is 5.86. The summed E-state index contributed by atoms with van der Waals surface area (Å²) in [6.07, 6.45) is 0.869. The molecule has 0 saturated heterocycles. The molecule has 4 aromatic rings. The molecule has 5 rings (SSSR count). The van der Waals surface area contributed by atoms with Crippen LogP contribution in [0.1, 0.15) is 22.3 Å². The van der Waals surface area contributed by atoms with Gasteiger partial charge >= 0.3 is 0 Å². The predicted octanol–water partition coefficient (Wildman–Crippen LogP) is 6.29. The Bertz CT molecular complexity index is 1220. The first kappa shape index (κ1) is 24.1. The van der Waals surface area contributed by atoms with Crippen LogP contribution in [0.2, 0.25) is 0 Å². The summed E-state index contributed by atoms with van der Waals surface area (Å²) in [7, 11) is 3.37. The van der Waals surface area contributed by atoms with E-state index in [4.69, 9.17) is 18.9 Å². The van der Waals surface area contributed by atoms with Gasteiger partial charge in [0.25, 0.3) is 0 Å². The molecule has 0 heterocycles. The third-order valence-electron chi connectivity index (χ3n) is 6.96. The maximum Gasteiger partial charge on any atom is 0.119 e. The molecule has 184 valence electrons. The predicted molar refractivity (Wildman–Crippen MR) is 143 cm³/mol. The van der Waals surface area contributed by atoms with Gasteiger partial charge in [0.05, 0.1) is 13.2 Å². The van der Waals surface area contributed by atoms with E-state index in [1.165, 1.54) is 33.4 Å². The summed E-state index contributed by atoms with van der Waals surface area (Å²) < 4.78 is 22.0. The van der Waals surface area contributed by atoms with E-state index < -0.39 is 0 Å². The molecule has 0 fully saturated rings. The summed E-state index contributed by atoms with van der Waals surface area (Å²) in [4.78, 5) is 0. The van der Waals surface area contributed by atoms with E-state index in [0.29, 0.717) is 26.4 Å². The third-order valence-corrected chi connectivity index (χ3v) is 6.96. The second-order valence-corrected chi connectivity index (χ2v) is 9.02. The Morgan fingerprint density at radius 3 is 1.61 bits per heavy atom. The standard InChI is InChI=1S/C32H32O4/c1-33-19-21-35-27-15-11-25(12-16-27)32(26-13-17-28(18-14-26)36-22-20-34-2)23-24-7-3-4-8-29(24)30-9-5-6-10-31(30)32/h3-18H,19-23H2,1-2H3.